The van der Waals surface area contributed by atoms with Gasteiger partial charge in [0, 0.05) is 0 Å². The number of halogens is 8. The summed E-state index contributed by atoms with van der Waals surface area (Å²) in [6, 6.07) is 0. The van der Waals surface area contributed by atoms with Gasteiger partial charge in [0.15, 0.2) is 37.0 Å². The molecule has 0 saturated heterocycles. The van der Waals surface area contributed by atoms with Crippen molar-refractivity contribution in [2.24, 2.45) is 0 Å². The molecule has 0 aliphatic carbocycles. The predicted octanol–water partition coefficient (Wildman–Crippen LogP) is 2.27. The molecule has 0 amide bonds. The summed E-state index contributed by atoms with van der Waals surface area (Å²) in [6.45, 7) is -1.98. The second-order valence-electron chi connectivity index (χ2n) is 3.27. The lowest BCUT2D eigenvalue weighted by atomic mass is 10.0. The number of aliphatic hydroxyl groups is 1. The van der Waals surface area contributed by atoms with Gasteiger partial charge >= 0.3 is 0 Å². The third-order valence-electron chi connectivity index (χ3n) is 1.97. The van der Waals surface area contributed by atoms with Gasteiger partial charge in [-0.1, -0.05) is 0 Å². The van der Waals surface area contributed by atoms with E-state index in [1.165, 1.54) is 0 Å². The van der Waals surface area contributed by atoms with Crippen molar-refractivity contribution in [2.75, 3.05) is 6.67 Å². The largest absolute Gasteiger partial charge is 0.362 e. The molecule has 0 aromatic carbocycles. The van der Waals surface area contributed by atoms with E-state index in [0.717, 1.165) is 0 Å². The molecule has 0 heterocycles. The summed E-state index contributed by atoms with van der Waals surface area (Å²) >= 11 is 0. The van der Waals surface area contributed by atoms with Crippen LogP contribution in [0.1, 0.15) is 0 Å². The van der Waals surface area contributed by atoms with Gasteiger partial charge in [-0.2, -0.15) is 0 Å². The fraction of sp³-hybridized carbons (Fsp3) is 1.00. The monoisotopic (exact) mass is 274 g/mol. The van der Waals surface area contributed by atoms with Crippen molar-refractivity contribution in [1.82, 2.24) is 0 Å². The lowest BCUT2D eigenvalue weighted by Gasteiger charge is -2.23. The van der Waals surface area contributed by atoms with Crippen LogP contribution < -0.4 is 0 Å². The van der Waals surface area contributed by atoms with Crippen LogP contribution in [0, 0.1) is 0 Å². The van der Waals surface area contributed by atoms with Crippen LogP contribution in [0.2, 0.25) is 0 Å². The summed E-state index contributed by atoms with van der Waals surface area (Å²) < 4.78 is 98.8. The highest BCUT2D eigenvalue weighted by molar-refractivity contribution is 4.89. The van der Waals surface area contributed by atoms with E-state index in [-0.39, 0.29) is 0 Å². The molecular weight excluding hydrogens is 264 g/mol. The van der Waals surface area contributed by atoms with Gasteiger partial charge in [0.2, 0.25) is 6.36 Å². The molecule has 104 valence electrons. The molecular formula is C8H10F8O. The average Bonchev–Trinajstić information content (AvgIpc) is 2.32. The number of aliphatic hydroxyl groups excluding tert-OH is 1. The molecule has 9 heteroatoms. The molecule has 0 saturated carbocycles. The zero-order valence-electron chi connectivity index (χ0n) is 8.22. The fourth-order valence-corrected chi connectivity index (χ4v) is 0.963. The number of hydrogen-bond donors (Lipinski definition) is 1. The quantitative estimate of drug-likeness (QED) is 0.706. The Bertz CT molecular complexity index is 216. The molecule has 0 spiro atoms. The third kappa shape index (κ3) is 4.29. The maximum Gasteiger partial charge on any atom is 0.231 e. The molecule has 17 heavy (non-hydrogen) atoms. The first-order chi connectivity index (χ1) is 7.73. The van der Waals surface area contributed by atoms with Crippen LogP contribution in [0.3, 0.4) is 0 Å². The minimum atomic E-state index is -3.56. The highest BCUT2D eigenvalue weighted by Crippen LogP contribution is 2.25. The Balaban J connectivity index is 4.53. The lowest BCUT2D eigenvalue weighted by Crippen LogP contribution is -2.45. The van der Waals surface area contributed by atoms with E-state index < -0.39 is 50.1 Å². The molecule has 1 N–H and O–H groups in total. The molecule has 0 rings (SSSR count). The van der Waals surface area contributed by atoms with Crippen LogP contribution >= 0.6 is 0 Å². The maximum atomic E-state index is 12.8. The highest BCUT2D eigenvalue weighted by atomic mass is 19.2. The molecule has 1 nitrogen and oxygen atoms in total. The summed E-state index contributed by atoms with van der Waals surface area (Å²) in [7, 11) is 0. The van der Waals surface area contributed by atoms with Crippen molar-refractivity contribution in [2.45, 2.75) is 43.4 Å². The van der Waals surface area contributed by atoms with E-state index in [2.05, 4.69) is 0 Å². The van der Waals surface area contributed by atoms with Crippen molar-refractivity contribution in [3.05, 3.63) is 0 Å². The van der Waals surface area contributed by atoms with E-state index >= 15 is 0 Å². The van der Waals surface area contributed by atoms with Gasteiger partial charge in [-0.3, -0.25) is 0 Å². The Morgan fingerprint density at radius 3 is 1.35 bits per heavy atom. The van der Waals surface area contributed by atoms with Crippen LogP contribution in [0.5, 0.6) is 0 Å². The lowest BCUT2D eigenvalue weighted by molar-refractivity contribution is -0.0910. The van der Waals surface area contributed by atoms with Gasteiger partial charge in [0.25, 0.3) is 0 Å². The van der Waals surface area contributed by atoms with Crippen molar-refractivity contribution >= 4 is 0 Å². The van der Waals surface area contributed by atoms with Gasteiger partial charge in [-0.15, -0.1) is 0 Å². The Morgan fingerprint density at radius 1 is 0.647 bits per heavy atom. The Labute approximate surface area is 91.4 Å². The molecule has 0 aliphatic rings. The Morgan fingerprint density at radius 2 is 1.00 bits per heavy atom. The van der Waals surface area contributed by atoms with Gasteiger partial charge in [-0.25, -0.2) is 35.1 Å². The second-order valence-corrected chi connectivity index (χ2v) is 3.27. The summed E-state index contributed by atoms with van der Waals surface area (Å²) in [5, 5.41) is 7.92. The Kier molecular flexibility index (Phi) is 6.73. The number of rotatable bonds is 7. The smallest absolute Gasteiger partial charge is 0.231 e. The summed E-state index contributed by atoms with van der Waals surface area (Å²) in [6.07, 6.45) is -23.9. The van der Waals surface area contributed by atoms with Crippen LogP contribution in [0.25, 0.3) is 0 Å². The van der Waals surface area contributed by atoms with Crippen molar-refractivity contribution < 1.29 is 40.2 Å². The molecule has 0 fully saturated rings. The number of alkyl halides is 8. The maximum absolute atomic E-state index is 12.8. The first-order valence-corrected chi connectivity index (χ1v) is 4.46. The van der Waals surface area contributed by atoms with Gasteiger partial charge in [-0.05, 0) is 0 Å². The zero-order chi connectivity index (χ0) is 13.7. The SMILES string of the molecule is OC(F)C(F)C(F)C(F)C(F)C(F)C(F)CF. The highest BCUT2D eigenvalue weighted by Gasteiger charge is 2.45. The van der Waals surface area contributed by atoms with E-state index in [9.17, 15) is 35.1 Å². The van der Waals surface area contributed by atoms with Crippen LogP contribution in [0.15, 0.2) is 0 Å². The van der Waals surface area contributed by atoms with Crippen LogP contribution in [0.4, 0.5) is 35.1 Å². The van der Waals surface area contributed by atoms with E-state index in [1.807, 2.05) is 0 Å². The summed E-state index contributed by atoms with van der Waals surface area (Å²) in [5.41, 5.74) is 0. The number of hydrogen-bond acceptors (Lipinski definition) is 1. The molecule has 7 unspecified atom stereocenters. The van der Waals surface area contributed by atoms with E-state index in [1.54, 1.807) is 0 Å². The standard InChI is InChI=1S/C8H10F8O/c9-1-2(10)3(11)4(12)5(13)6(14)7(15)8(16)17/h2-8,17H,1H2. The normalized spacial score (nSPS) is 24.5. The summed E-state index contributed by atoms with van der Waals surface area (Å²) in [4.78, 5) is 0. The minimum absolute atomic E-state index is 1.98. The van der Waals surface area contributed by atoms with Gasteiger partial charge in [0.1, 0.15) is 6.67 Å². The first kappa shape index (κ1) is 16.4. The average molecular weight is 274 g/mol. The van der Waals surface area contributed by atoms with Crippen molar-refractivity contribution in [3.8, 4) is 0 Å². The van der Waals surface area contributed by atoms with Crippen LogP contribution in [-0.2, 0) is 0 Å². The van der Waals surface area contributed by atoms with Gasteiger partial charge in [0.05, 0.1) is 0 Å². The van der Waals surface area contributed by atoms with Crippen molar-refractivity contribution in [1.29, 1.82) is 0 Å². The molecule has 0 radical (unpaired) electrons. The fourth-order valence-electron chi connectivity index (χ4n) is 0.963. The molecule has 0 aliphatic heterocycles. The summed E-state index contributed by atoms with van der Waals surface area (Å²) in [5.74, 6) is 0. The molecule has 7 atom stereocenters. The van der Waals surface area contributed by atoms with Crippen molar-refractivity contribution in [3.63, 3.8) is 0 Å². The molecule has 0 bridgehead atoms. The molecule has 0 aromatic heterocycles. The van der Waals surface area contributed by atoms with E-state index in [4.69, 9.17) is 5.11 Å². The third-order valence-corrected chi connectivity index (χ3v) is 1.97. The predicted molar refractivity (Wildman–Crippen MR) is 42.5 cm³/mol. The zero-order valence-corrected chi connectivity index (χ0v) is 8.22. The Hall–Kier alpha value is -0.600. The minimum Gasteiger partial charge on any atom is -0.362 e. The van der Waals surface area contributed by atoms with Crippen LogP contribution in [-0.4, -0.2) is 55.2 Å². The second kappa shape index (κ2) is 6.97. The molecule has 0 aromatic rings. The van der Waals surface area contributed by atoms with Gasteiger partial charge < -0.3 is 5.11 Å². The topological polar surface area (TPSA) is 20.2 Å². The van der Waals surface area contributed by atoms with E-state index in [0.29, 0.717) is 0 Å². The first-order valence-electron chi connectivity index (χ1n) is 4.46.